The third kappa shape index (κ3) is 2.07. The molecule has 2 aliphatic heterocycles. The van der Waals surface area contributed by atoms with Crippen molar-refractivity contribution in [2.24, 2.45) is 0 Å². The molecular formula is C18H11NO4S. The molecule has 2 aromatic carbocycles. The highest BCUT2D eigenvalue weighted by Gasteiger charge is 2.35. The van der Waals surface area contributed by atoms with Crippen LogP contribution in [0.4, 0.5) is 5.69 Å². The van der Waals surface area contributed by atoms with E-state index >= 15 is 0 Å². The smallest absolute Gasteiger partial charge is 0.337 e. The largest absolute Gasteiger partial charge is 0.465 e. The van der Waals surface area contributed by atoms with Crippen LogP contribution in [0.1, 0.15) is 26.3 Å². The van der Waals surface area contributed by atoms with E-state index in [-0.39, 0.29) is 16.6 Å². The number of esters is 1. The second kappa shape index (κ2) is 5.35. The molecule has 6 heteroatoms. The quantitative estimate of drug-likeness (QED) is 0.637. The molecule has 0 unspecified atom stereocenters. The number of carbonyl (C=O) groups excluding carboxylic acids is 3. The van der Waals surface area contributed by atoms with Crippen LogP contribution in [0.5, 0.6) is 0 Å². The number of carbonyl (C=O) groups is 3. The van der Waals surface area contributed by atoms with Crippen LogP contribution in [0.25, 0.3) is 5.57 Å². The van der Waals surface area contributed by atoms with Crippen LogP contribution >= 0.6 is 11.8 Å². The Balaban J connectivity index is 1.84. The summed E-state index contributed by atoms with van der Waals surface area (Å²) in [5.41, 5.74) is 2.64. The molecule has 0 saturated carbocycles. The maximum Gasteiger partial charge on any atom is 0.337 e. The maximum atomic E-state index is 12.8. The maximum absolute atomic E-state index is 12.8. The summed E-state index contributed by atoms with van der Waals surface area (Å²) in [5.74, 6) is -0.805. The SMILES string of the molecule is COC(=O)c1ccc2c(c1)C(=O)/C(=C1/C(=O)Sc3ccccc31)N2. The predicted octanol–water partition coefficient (Wildman–Crippen LogP) is 3.13. The van der Waals surface area contributed by atoms with Crippen LogP contribution < -0.4 is 5.32 Å². The molecular weight excluding hydrogens is 326 g/mol. The summed E-state index contributed by atoms with van der Waals surface area (Å²) in [6, 6.07) is 12.1. The number of hydrogen-bond donors (Lipinski definition) is 1. The van der Waals surface area contributed by atoms with Gasteiger partial charge in [0.05, 0.1) is 23.9 Å². The first-order valence-electron chi connectivity index (χ1n) is 7.20. The van der Waals surface area contributed by atoms with E-state index in [9.17, 15) is 14.4 Å². The van der Waals surface area contributed by atoms with E-state index in [0.29, 0.717) is 22.4 Å². The second-order valence-electron chi connectivity index (χ2n) is 5.34. The normalized spacial score (nSPS) is 18.2. The number of allylic oxidation sites excluding steroid dienone is 1. The first-order valence-corrected chi connectivity index (χ1v) is 8.01. The lowest BCUT2D eigenvalue weighted by Gasteiger charge is -2.03. The van der Waals surface area contributed by atoms with Crippen molar-refractivity contribution in [1.82, 2.24) is 0 Å². The van der Waals surface area contributed by atoms with Crippen molar-refractivity contribution in [3.05, 3.63) is 64.9 Å². The fourth-order valence-electron chi connectivity index (χ4n) is 2.85. The van der Waals surface area contributed by atoms with Gasteiger partial charge in [0.15, 0.2) is 0 Å². The average molecular weight is 337 g/mol. The Bertz CT molecular complexity index is 961. The van der Waals surface area contributed by atoms with Gasteiger partial charge in [0.1, 0.15) is 0 Å². The lowest BCUT2D eigenvalue weighted by Crippen LogP contribution is -2.07. The molecule has 0 saturated heterocycles. The lowest BCUT2D eigenvalue weighted by molar-refractivity contribution is -0.106. The topological polar surface area (TPSA) is 72.5 Å². The standard InChI is InChI=1S/C18H11NO4S/c1-23-17(21)9-6-7-12-11(8-9)16(20)15(19-12)14-10-4-2-3-5-13(10)24-18(14)22/h2-8,19H,1H3/b15-14-. The molecule has 2 aliphatic rings. The zero-order valence-electron chi connectivity index (χ0n) is 12.6. The number of methoxy groups -OCH3 is 1. The van der Waals surface area contributed by atoms with Crippen molar-refractivity contribution in [2.75, 3.05) is 12.4 Å². The minimum absolute atomic E-state index is 0.159. The zero-order chi connectivity index (χ0) is 16.8. The number of thioether (sulfide) groups is 1. The van der Waals surface area contributed by atoms with Crippen molar-refractivity contribution >= 4 is 39.9 Å². The van der Waals surface area contributed by atoms with Crippen molar-refractivity contribution in [1.29, 1.82) is 0 Å². The predicted molar refractivity (Wildman–Crippen MR) is 90.0 cm³/mol. The minimum Gasteiger partial charge on any atom is -0.465 e. The average Bonchev–Trinajstić information content (AvgIpc) is 3.10. The Morgan fingerprint density at radius 1 is 1.08 bits per heavy atom. The van der Waals surface area contributed by atoms with Gasteiger partial charge in [-0.25, -0.2) is 4.79 Å². The number of nitrogens with one attached hydrogen (secondary N) is 1. The fraction of sp³-hybridized carbons (Fsp3) is 0.0556. The molecule has 0 amide bonds. The van der Waals surface area contributed by atoms with E-state index in [4.69, 9.17) is 0 Å². The summed E-state index contributed by atoms with van der Waals surface area (Å²) < 4.78 is 4.68. The monoisotopic (exact) mass is 337 g/mol. The van der Waals surface area contributed by atoms with Crippen molar-refractivity contribution in [3.8, 4) is 0 Å². The first-order chi connectivity index (χ1) is 11.6. The van der Waals surface area contributed by atoms with Crippen LogP contribution in [0.15, 0.2) is 53.1 Å². The molecule has 118 valence electrons. The number of hydrogen-bond acceptors (Lipinski definition) is 6. The molecule has 0 spiro atoms. The van der Waals surface area contributed by atoms with Gasteiger partial charge in [0, 0.05) is 21.7 Å². The van der Waals surface area contributed by atoms with Crippen molar-refractivity contribution < 1.29 is 19.1 Å². The third-order valence-electron chi connectivity index (χ3n) is 3.99. The van der Waals surface area contributed by atoms with Gasteiger partial charge in [-0.05, 0) is 36.0 Å². The van der Waals surface area contributed by atoms with E-state index in [2.05, 4.69) is 10.1 Å². The van der Waals surface area contributed by atoms with Gasteiger partial charge in [0.2, 0.25) is 10.9 Å². The van der Waals surface area contributed by atoms with Crippen LogP contribution in [-0.2, 0) is 9.53 Å². The van der Waals surface area contributed by atoms with Crippen molar-refractivity contribution in [3.63, 3.8) is 0 Å². The molecule has 4 rings (SSSR count). The number of ether oxygens (including phenoxy) is 1. The number of fused-ring (bicyclic) bond motifs is 2. The molecule has 2 heterocycles. The summed E-state index contributed by atoms with van der Waals surface area (Å²) in [4.78, 5) is 37.6. The molecule has 0 bridgehead atoms. The van der Waals surface area contributed by atoms with Gasteiger partial charge in [-0.15, -0.1) is 0 Å². The van der Waals surface area contributed by atoms with Crippen LogP contribution in [0.3, 0.4) is 0 Å². The van der Waals surface area contributed by atoms with E-state index in [0.717, 1.165) is 22.2 Å². The molecule has 1 N–H and O–H groups in total. The summed E-state index contributed by atoms with van der Waals surface area (Å²) in [6.45, 7) is 0. The molecule has 0 fully saturated rings. The number of anilines is 1. The van der Waals surface area contributed by atoms with Gasteiger partial charge in [-0.1, -0.05) is 18.2 Å². The molecule has 24 heavy (non-hydrogen) atoms. The Hall–Kier alpha value is -2.86. The lowest BCUT2D eigenvalue weighted by atomic mass is 10.0. The van der Waals surface area contributed by atoms with Crippen LogP contribution in [0.2, 0.25) is 0 Å². The second-order valence-corrected chi connectivity index (χ2v) is 6.36. The number of rotatable bonds is 1. The highest BCUT2D eigenvalue weighted by atomic mass is 32.2. The number of ketones is 1. The van der Waals surface area contributed by atoms with Crippen LogP contribution in [-0.4, -0.2) is 24.0 Å². The molecule has 0 atom stereocenters. The van der Waals surface area contributed by atoms with E-state index in [1.54, 1.807) is 12.1 Å². The highest BCUT2D eigenvalue weighted by molar-refractivity contribution is 8.15. The Morgan fingerprint density at radius 3 is 2.67 bits per heavy atom. The fourth-order valence-corrected chi connectivity index (χ4v) is 3.79. The summed E-state index contributed by atoms with van der Waals surface area (Å²) in [6.07, 6.45) is 0. The van der Waals surface area contributed by atoms with E-state index < -0.39 is 5.97 Å². The van der Waals surface area contributed by atoms with E-state index in [1.165, 1.54) is 13.2 Å². The summed E-state index contributed by atoms with van der Waals surface area (Å²) >= 11 is 1.12. The highest BCUT2D eigenvalue weighted by Crippen LogP contribution is 2.44. The molecule has 2 aromatic rings. The first kappa shape index (κ1) is 14.7. The summed E-state index contributed by atoms with van der Waals surface area (Å²) in [5, 5.41) is 2.87. The van der Waals surface area contributed by atoms with Crippen molar-refractivity contribution in [2.45, 2.75) is 4.90 Å². The van der Waals surface area contributed by atoms with Gasteiger partial charge in [-0.3, -0.25) is 9.59 Å². The Kier molecular flexibility index (Phi) is 3.28. The third-order valence-corrected chi connectivity index (χ3v) is 4.95. The van der Waals surface area contributed by atoms with Gasteiger partial charge < -0.3 is 10.1 Å². The Morgan fingerprint density at radius 2 is 1.88 bits per heavy atom. The number of Topliss-reactive ketones (excluding diaryl/α,β-unsaturated/α-hetero) is 1. The number of benzene rings is 2. The van der Waals surface area contributed by atoms with Gasteiger partial charge in [0.25, 0.3) is 0 Å². The molecule has 0 aliphatic carbocycles. The van der Waals surface area contributed by atoms with Gasteiger partial charge >= 0.3 is 5.97 Å². The zero-order valence-corrected chi connectivity index (χ0v) is 13.4. The molecule has 0 radical (unpaired) electrons. The van der Waals surface area contributed by atoms with Crippen LogP contribution in [0, 0.1) is 0 Å². The van der Waals surface area contributed by atoms with E-state index in [1.807, 2.05) is 24.3 Å². The minimum atomic E-state index is -0.510. The molecule has 5 nitrogen and oxygen atoms in total. The summed E-state index contributed by atoms with van der Waals surface area (Å²) in [7, 11) is 1.29. The Labute approximate surface area is 141 Å². The molecule has 0 aromatic heterocycles. The van der Waals surface area contributed by atoms with Gasteiger partial charge in [-0.2, -0.15) is 0 Å².